The van der Waals surface area contributed by atoms with Gasteiger partial charge in [0.1, 0.15) is 0 Å². The van der Waals surface area contributed by atoms with Gasteiger partial charge >= 0.3 is 5.30 Å². The van der Waals surface area contributed by atoms with Gasteiger partial charge in [0.15, 0.2) is 0 Å². The van der Waals surface area contributed by atoms with Crippen LogP contribution in [0.4, 0.5) is 4.39 Å². The van der Waals surface area contributed by atoms with Gasteiger partial charge in [-0.15, -0.1) is 0 Å². The molecule has 0 unspecified atom stereocenters. The van der Waals surface area contributed by atoms with E-state index in [0.717, 1.165) is 6.42 Å². The Balaban J connectivity index is 2.82. The van der Waals surface area contributed by atoms with E-state index in [1.807, 2.05) is 6.92 Å². The van der Waals surface area contributed by atoms with Crippen LogP contribution < -0.4 is 0 Å². The molecule has 0 saturated heterocycles. The zero-order chi connectivity index (χ0) is 5.70. The molecule has 0 radical (unpaired) electrons. The normalized spacial score (nSPS) is 8.29. The van der Waals surface area contributed by atoms with Crippen molar-refractivity contribution in [2.24, 2.45) is 0 Å². The van der Waals surface area contributed by atoms with Gasteiger partial charge < -0.3 is 4.74 Å². The van der Waals surface area contributed by atoms with Crippen LogP contribution in [0, 0.1) is 0 Å². The molecule has 0 aromatic heterocycles. The van der Waals surface area contributed by atoms with Crippen LogP contribution in [0.3, 0.4) is 0 Å². The highest BCUT2D eigenvalue weighted by molar-refractivity contribution is 7.79. The fraction of sp³-hybridized carbons (Fsp3) is 0.750. The van der Waals surface area contributed by atoms with Crippen LogP contribution >= 0.6 is 12.2 Å². The van der Waals surface area contributed by atoms with E-state index in [4.69, 9.17) is 0 Å². The number of thiocarbonyl (C=S) groups is 1. The smallest absolute Gasteiger partial charge is 0.342 e. The molecule has 0 N–H and O–H groups in total. The van der Waals surface area contributed by atoms with Crippen LogP contribution in [0.2, 0.25) is 0 Å². The van der Waals surface area contributed by atoms with Crippen molar-refractivity contribution in [1.29, 1.82) is 0 Å². The van der Waals surface area contributed by atoms with E-state index < -0.39 is 5.30 Å². The largest absolute Gasteiger partial charge is 0.463 e. The van der Waals surface area contributed by atoms with Crippen LogP contribution in [-0.2, 0) is 4.74 Å². The first-order valence-corrected chi connectivity index (χ1v) is 2.50. The first-order valence-electron chi connectivity index (χ1n) is 2.09. The maximum absolute atomic E-state index is 11.4. The molecular weight excluding hydrogens is 115 g/mol. The van der Waals surface area contributed by atoms with Gasteiger partial charge in [-0.25, -0.2) is 0 Å². The second-order valence-electron chi connectivity index (χ2n) is 1.09. The van der Waals surface area contributed by atoms with E-state index in [9.17, 15) is 4.39 Å². The van der Waals surface area contributed by atoms with E-state index in [-0.39, 0.29) is 0 Å². The van der Waals surface area contributed by atoms with Gasteiger partial charge in [-0.2, -0.15) is 4.39 Å². The topological polar surface area (TPSA) is 9.23 Å². The quantitative estimate of drug-likeness (QED) is 0.407. The SMILES string of the molecule is CCCOC(F)=S. The Morgan fingerprint density at radius 1 is 1.86 bits per heavy atom. The molecule has 42 valence electrons. The van der Waals surface area contributed by atoms with Crippen LogP contribution in [0.5, 0.6) is 0 Å². The Kier molecular flexibility index (Phi) is 3.89. The second-order valence-corrected chi connectivity index (χ2v) is 1.41. The fourth-order valence-corrected chi connectivity index (χ4v) is 0.266. The van der Waals surface area contributed by atoms with Crippen molar-refractivity contribution in [3.8, 4) is 0 Å². The third kappa shape index (κ3) is 5.82. The molecule has 0 aliphatic carbocycles. The molecule has 0 amide bonds. The van der Waals surface area contributed by atoms with Gasteiger partial charge in [-0.1, -0.05) is 6.92 Å². The molecule has 0 aromatic rings. The molecule has 0 atom stereocenters. The molecular formula is C4H7FOS. The van der Waals surface area contributed by atoms with Crippen molar-refractivity contribution in [2.75, 3.05) is 6.61 Å². The van der Waals surface area contributed by atoms with Gasteiger partial charge in [-0.05, 0) is 18.6 Å². The lowest BCUT2D eigenvalue weighted by Gasteiger charge is -1.93. The van der Waals surface area contributed by atoms with E-state index in [1.165, 1.54) is 0 Å². The van der Waals surface area contributed by atoms with E-state index in [2.05, 4.69) is 17.0 Å². The van der Waals surface area contributed by atoms with Crippen molar-refractivity contribution in [2.45, 2.75) is 13.3 Å². The molecule has 0 aliphatic rings. The number of hydrogen-bond acceptors (Lipinski definition) is 2. The van der Waals surface area contributed by atoms with Gasteiger partial charge in [0.25, 0.3) is 0 Å². The predicted octanol–water partition coefficient (Wildman–Crippen LogP) is 1.67. The molecule has 1 nitrogen and oxygen atoms in total. The van der Waals surface area contributed by atoms with E-state index in [1.54, 1.807) is 0 Å². The van der Waals surface area contributed by atoms with Crippen LogP contribution in [0.25, 0.3) is 0 Å². The number of rotatable bonds is 2. The molecule has 0 aromatic carbocycles. The summed E-state index contributed by atoms with van der Waals surface area (Å²) >= 11 is 3.97. The molecule has 0 aliphatic heterocycles. The zero-order valence-corrected chi connectivity index (χ0v) is 4.93. The monoisotopic (exact) mass is 122 g/mol. The maximum Gasteiger partial charge on any atom is 0.342 e. The Morgan fingerprint density at radius 3 is 2.57 bits per heavy atom. The van der Waals surface area contributed by atoms with Crippen molar-refractivity contribution in [3.63, 3.8) is 0 Å². The summed E-state index contributed by atoms with van der Waals surface area (Å²) in [7, 11) is 0. The molecule has 0 rings (SSSR count). The van der Waals surface area contributed by atoms with Crippen molar-refractivity contribution < 1.29 is 9.13 Å². The number of halogens is 1. The average Bonchev–Trinajstić information content (AvgIpc) is 1.61. The maximum atomic E-state index is 11.4. The summed E-state index contributed by atoms with van der Waals surface area (Å²) in [4.78, 5) is 0. The van der Waals surface area contributed by atoms with Crippen molar-refractivity contribution in [1.82, 2.24) is 0 Å². The zero-order valence-electron chi connectivity index (χ0n) is 4.11. The van der Waals surface area contributed by atoms with Gasteiger partial charge in [0.2, 0.25) is 0 Å². The van der Waals surface area contributed by atoms with Crippen molar-refractivity contribution >= 4 is 17.5 Å². The first kappa shape index (κ1) is 6.82. The number of ether oxygens (including phenoxy) is 1. The molecule has 0 spiro atoms. The second kappa shape index (κ2) is 3.99. The molecule has 7 heavy (non-hydrogen) atoms. The van der Waals surface area contributed by atoms with Crippen molar-refractivity contribution in [3.05, 3.63) is 0 Å². The minimum atomic E-state index is -0.859. The molecule has 0 fully saturated rings. The summed E-state index contributed by atoms with van der Waals surface area (Å²) in [6.07, 6.45) is 0.796. The van der Waals surface area contributed by atoms with Gasteiger partial charge in [-0.3, -0.25) is 0 Å². The average molecular weight is 122 g/mol. The lowest BCUT2D eigenvalue weighted by Crippen LogP contribution is -1.93. The Morgan fingerprint density at radius 2 is 2.43 bits per heavy atom. The third-order valence-corrected chi connectivity index (χ3v) is 0.538. The first-order chi connectivity index (χ1) is 3.27. The standard InChI is InChI=1S/C4H7FOS/c1-2-3-6-4(5)7/h2-3H2,1H3. The minimum Gasteiger partial charge on any atom is -0.463 e. The van der Waals surface area contributed by atoms with Gasteiger partial charge in [0, 0.05) is 0 Å². The van der Waals surface area contributed by atoms with E-state index in [0.29, 0.717) is 6.61 Å². The Labute approximate surface area is 47.5 Å². The molecule has 3 heteroatoms. The summed E-state index contributed by atoms with van der Waals surface area (Å²) in [6.45, 7) is 2.27. The number of hydrogen-bond donors (Lipinski definition) is 0. The highest BCUT2D eigenvalue weighted by atomic mass is 32.1. The summed E-state index contributed by atoms with van der Waals surface area (Å²) in [5.41, 5.74) is 0. The highest BCUT2D eigenvalue weighted by Gasteiger charge is 1.86. The van der Waals surface area contributed by atoms with Gasteiger partial charge in [0.05, 0.1) is 6.61 Å². The summed E-state index contributed by atoms with van der Waals surface area (Å²) < 4.78 is 15.7. The van der Waals surface area contributed by atoms with E-state index >= 15 is 0 Å². The Bertz CT molecular complexity index is 64.7. The summed E-state index contributed by atoms with van der Waals surface area (Å²) in [5.74, 6) is 0. The lowest BCUT2D eigenvalue weighted by atomic mass is 10.5. The highest BCUT2D eigenvalue weighted by Crippen LogP contribution is 1.84. The molecule has 0 heterocycles. The Hall–Kier alpha value is -0.180. The minimum absolute atomic E-state index is 0.384. The summed E-state index contributed by atoms with van der Waals surface area (Å²) in [5, 5.41) is -0.859. The third-order valence-electron chi connectivity index (χ3n) is 0.420. The van der Waals surface area contributed by atoms with Crippen LogP contribution in [0.15, 0.2) is 0 Å². The molecule has 0 bridgehead atoms. The lowest BCUT2D eigenvalue weighted by molar-refractivity contribution is 0.275. The summed E-state index contributed by atoms with van der Waals surface area (Å²) in [6, 6.07) is 0. The predicted molar refractivity (Wildman–Crippen MR) is 29.9 cm³/mol. The van der Waals surface area contributed by atoms with Crippen LogP contribution in [0.1, 0.15) is 13.3 Å². The molecule has 0 saturated carbocycles. The fourth-order valence-electron chi connectivity index (χ4n) is 0.182. The van der Waals surface area contributed by atoms with Crippen LogP contribution in [-0.4, -0.2) is 11.9 Å².